The Bertz CT molecular complexity index is 795. The van der Waals surface area contributed by atoms with Gasteiger partial charge in [-0.15, -0.1) is 11.3 Å². The maximum atomic E-state index is 12.3. The molecule has 2 rings (SSSR count). The zero-order valence-electron chi connectivity index (χ0n) is 15.3. The third-order valence-corrected chi connectivity index (χ3v) is 4.45. The molecule has 140 valence electrons. The molecule has 0 aliphatic rings. The molecule has 7 nitrogen and oxygen atoms in total. The molecule has 2 aromatic heterocycles. The molecule has 0 aliphatic heterocycles. The van der Waals surface area contributed by atoms with Crippen molar-refractivity contribution in [1.82, 2.24) is 4.90 Å². The van der Waals surface area contributed by atoms with E-state index in [4.69, 9.17) is 9.15 Å². The van der Waals surface area contributed by atoms with Gasteiger partial charge in [0.2, 0.25) is 11.8 Å². The summed E-state index contributed by atoms with van der Waals surface area (Å²) < 4.78 is 10.5. The lowest BCUT2D eigenvalue weighted by Crippen LogP contribution is -2.30. The van der Waals surface area contributed by atoms with Gasteiger partial charge in [-0.1, -0.05) is 6.07 Å². The Morgan fingerprint density at radius 1 is 1.31 bits per heavy atom. The number of anilines is 1. The predicted molar refractivity (Wildman–Crippen MR) is 98.7 cm³/mol. The van der Waals surface area contributed by atoms with E-state index >= 15 is 0 Å². The third kappa shape index (κ3) is 4.80. The average molecular weight is 378 g/mol. The van der Waals surface area contributed by atoms with Gasteiger partial charge in [0.15, 0.2) is 5.78 Å². The third-order valence-electron chi connectivity index (χ3n) is 3.59. The second kappa shape index (κ2) is 8.77. The molecule has 0 spiro atoms. The number of hydrogen-bond donors (Lipinski definition) is 1. The summed E-state index contributed by atoms with van der Waals surface area (Å²) in [5.74, 6) is -1.16. The quantitative estimate of drug-likeness (QED) is 0.561. The van der Waals surface area contributed by atoms with Gasteiger partial charge in [-0.05, 0) is 39.3 Å². The number of carbonyl (C=O) groups excluding carboxylic acids is 3. The fraction of sp³-hybridized carbons (Fsp3) is 0.389. The van der Waals surface area contributed by atoms with Crippen LogP contribution < -0.4 is 5.32 Å². The number of amides is 1. The number of carbonyl (C=O) groups is 3. The Balaban J connectivity index is 2.14. The molecule has 0 unspecified atom stereocenters. The molecule has 1 amide bonds. The second-order valence-electron chi connectivity index (χ2n) is 5.81. The first-order valence-corrected chi connectivity index (χ1v) is 9.03. The van der Waals surface area contributed by atoms with E-state index in [0.717, 1.165) is 4.88 Å². The predicted octanol–water partition coefficient (Wildman–Crippen LogP) is 3.10. The van der Waals surface area contributed by atoms with Crippen LogP contribution in [0.2, 0.25) is 0 Å². The summed E-state index contributed by atoms with van der Waals surface area (Å²) in [7, 11) is 1.82. The highest BCUT2D eigenvalue weighted by molar-refractivity contribution is 7.09. The van der Waals surface area contributed by atoms with Crippen molar-refractivity contribution in [3.8, 4) is 0 Å². The molecule has 0 atom stereocenters. The average Bonchev–Trinajstić information content (AvgIpc) is 3.14. The first-order valence-electron chi connectivity index (χ1n) is 8.15. The molecule has 2 aromatic rings. The molecule has 0 saturated heterocycles. The van der Waals surface area contributed by atoms with Gasteiger partial charge in [-0.25, -0.2) is 4.79 Å². The Labute approximate surface area is 155 Å². The maximum Gasteiger partial charge on any atom is 0.344 e. The van der Waals surface area contributed by atoms with E-state index in [1.807, 2.05) is 29.5 Å². The van der Waals surface area contributed by atoms with Crippen LogP contribution in [0.4, 0.5) is 5.88 Å². The number of nitrogens with one attached hydrogen (secondary N) is 1. The summed E-state index contributed by atoms with van der Waals surface area (Å²) in [6, 6.07) is 3.95. The fourth-order valence-electron chi connectivity index (χ4n) is 2.59. The first-order chi connectivity index (χ1) is 12.3. The number of likely N-dealkylation sites (N-methyl/N-ethyl adjacent to an activating group) is 1. The minimum Gasteiger partial charge on any atom is -0.462 e. The minimum atomic E-state index is -0.697. The van der Waals surface area contributed by atoms with Gasteiger partial charge in [0.05, 0.1) is 18.7 Å². The lowest BCUT2D eigenvalue weighted by molar-refractivity contribution is -0.117. The standard InChI is InChI=1S/C18H22N2O5S/c1-5-24-18(23)16-15(11(2)21)12(3)25-17(16)19-14(22)10-20(4)9-13-7-6-8-26-13/h6-8H,5,9-10H2,1-4H3,(H,19,22). The molecule has 0 saturated carbocycles. The number of Topliss-reactive ketones (excluding diaryl/α,β-unsaturated/α-hetero) is 1. The highest BCUT2D eigenvalue weighted by atomic mass is 32.1. The van der Waals surface area contributed by atoms with Crippen LogP contribution in [0, 0.1) is 6.92 Å². The van der Waals surface area contributed by atoms with Crippen molar-refractivity contribution >= 4 is 34.9 Å². The second-order valence-corrected chi connectivity index (χ2v) is 6.85. The molecule has 0 bridgehead atoms. The molecule has 26 heavy (non-hydrogen) atoms. The van der Waals surface area contributed by atoms with Crippen LogP contribution in [0.3, 0.4) is 0 Å². The summed E-state index contributed by atoms with van der Waals surface area (Å²) in [6.07, 6.45) is 0. The zero-order valence-corrected chi connectivity index (χ0v) is 16.1. The summed E-state index contributed by atoms with van der Waals surface area (Å²) in [5, 5.41) is 4.56. The highest BCUT2D eigenvalue weighted by Gasteiger charge is 2.28. The van der Waals surface area contributed by atoms with E-state index < -0.39 is 5.97 Å². The number of ketones is 1. The largest absolute Gasteiger partial charge is 0.462 e. The van der Waals surface area contributed by atoms with E-state index in [1.54, 1.807) is 25.2 Å². The molecule has 2 heterocycles. The number of rotatable bonds is 8. The van der Waals surface area contributed by atoms with Crippen molar-refractivity contribution in [3.63, 3.8) is 0 Å². The Morgan fingerprint density at radius 3 is 2.62 bits per heavy atom. The molecular formula is C18H22N2O5S. The lowest BCUT2D eigenvalue weighted by Gasteiger charge is -2.15. The fourth-order valence-corrected chi connectivity index (χ4v) is 3.37. The van der Waals surface area contributed by atoms with Crippen molar-refractivity contribution in [2.75, 3.05) is 25.5 Å². The number of aryl methyl sites for hydroxylation is 1. The minimum absolute atomic E-state index is 0.0360. The van der Waals surface area contributed by atoms with Crippen LogP contribution in [0.15, 0.2) is 21.9 Å². The number of hydrogen-bond acceptors (Lipinski definition) is 7. The van der Waals surface area contributed by atoms with Crippen molar-refractivity contribution in [1.29, 1.82) is 0 Å². The summed E-state index contributed by atoms with van der Waals surface area (Å²) in [4.78, 5) is 39.4. The van der Waals surface area contributed by atoms with Crippen molar-refractivity contribution < 1.29 is 23.5 Å². The molecule has 0 radical (unpaired) electrons. The number of furan rings is 1. The van der Waals surface area contributed by atoms with Crippen LogP contribution in [-0.4, -0.2) is 42.8 Å². The monoisotopic (exact) mass is 378 g/mol. The SMILES string of the molecule is CCOC(=O)c1c(NC(=O)CN(C)Cc2cccs2)oc(C)c1C(C)=O. The Morgan fingerprint density at radius 2 is 2.04 bits per heavy atom. The van der Waals surface area contributed by atoms with Crippen LogP contribution in [0.25, 0.3) is 0 Å². The summed E-state index contributed by atoms with van der Waals surface area (Å²) >= 11 is 1.61. The van der Waals surface area contributed by atoms with Gasteiger partial charge in [-0.3, -0.25) is 19.8 Å². The van der Waals surface area contributed by atoms with Gasteiger partial charge in [-0.2, -0.15) is 0 Å². The highest BCUT2D eigenvalue weighted by Crippen LogP contribution is 2.28. The maximum absolute atomic E-state index is 12.3. The smallest absolute Gasteiger partial charge is 0.344 e. The van der Waals surface area contributed by atoms with Crippen LogP contribution in [0.1, 0.15) is 45.2 Å². The number of esters is 1. The van der Waals surface area contributed by atoms with Gasteiger partial charge < -0.3 is 9.15 Å². The first kappa shape index (κ1) is 19.9. The van der Waals surface area contributed by atoms with E-state index in [1.165, 1.54) is 6.92 Å². The summed E-state index contributed by atoms with van der Waals surface area (Å²) in [6.45, 7) is 5.45. The van der Waals surface area contributed by atoms with Crippen LogP contribution >= 0.6 is 11.3 Å². The number of ether oxygens (including phenoxy) is 1. The van der Waals surface area contributed by atoms with Crippen molar-refractivity contribution in [2.24, 2.45) is 0 Å². The molecule has 1 N–H and O–H groups in total. The molecule has 0 aromatic carbocycles. The normalized spacial score (nSPS) is 10.8. The van der Waals surface area contributed by atoms with Crippen LogP contribution in [-0.2, 0) is 16.1 Å². The van der Waals surface area contributed by atoms with Gasteiger partial charge in [0.25, 0.3) is 0 Å². The Hall–Kier alpha value is -2.45. The number of nitrogens with zero attached hydrogens (tertiary/aromatic N) is 1. The van der Waals surface area contributed by atoms with E-state index in [0.29, 0.717) is 6.54 Å². The zero-order chi connectivity index (χ0) is 19.3. The molecule has 8 heteroatoms. The van der Waals surface area contributed by atoms with Crippen molar-refractivity contribution in [2.45, 2.75) is 27.3 Å². The van der Waals surface area contributed by atoms with Gasteiger partial charge >= 0.3 is 5.97 Å². The topological polar surface area (TPSA) is 88.8 Å². The van der Waals surface area contributed by atoms with Gasteiger partial charge in [0, 0.05) is 11.4 Å². The molecule has 0 aliphatic carbocycles. The lowest BCUT2D eigenvalue weighted by atomic mass is 10.1. The molecular weight excluding hydrogens is 356 g/mol. The van der Waals surface area contributed by atoms with E-state index in [9.17, 15) is 14.4 Å². The van der Waals surface area contributed by atoms with E-state index in [2.05, 4.69) is 5.32 Å². The van der Waals surface area contributed by atoms with E-state index in [-0.39, 0.29) is 47.6 Å². The number of thiophene rings is 1. The summed E-state index contributed by atoms with van der Waals surface area (Å²) in [5.41, 5.74) is 0.0943. The van der Waals surface area contributed by atoms with Crippen molar-refractivity contribution in [3.05, 3.63) is 39.3 Å². The van der Waals surface area contributed by atoms with Crippen LogP contribution in [0.5, 0.6) is 0 Å². The van der Waals surface area contributed by atoms with Gasteiger partial charge in [0.1, 0.15) is 11.3 Å². The molecule has 0 fully saturated rings. The Kier molecular flexibility index (Phi) is 6.70.